The SMILES string of the molecule is COCCNC(=O)c1cccc(Nc2cc(Cc3cccc(C(F)(F)F)c3)ccn2)c1. The summed E-state index contributed by atoms with van der Waals surface area (Å²) < 4.78 is 43.7. The number of benzene rings is 2. The Morgan fingerprint density at radius 1 is 1.03 bits per heavy atom. The molecule has 0 aliphatic carbocycles. The highest BCUT2D eigenvalue weighted by Crippen LogP contribution is 2.30. The molecule has 1 aromatic heterocycles. The van der Waals surface area contributed by atoms with Crippen molar-refractivity contribution in [2.75, 3.05) is 25.6 Å². The lowest BCUT2D eigenvalue weighted by Gasteiger charge is -2.11. The summed E-state index contributed by atoms with van der Waals surface area (Å²) in [5.74, 6) is 0.313. The second kappa shape index (κ2) is 10.1. The highest BCUT2D eigenvalue weighted by Gasteiger charge is 2.30. The summed E-state index contributed by atoms with van der Waals surface area (Å²) in [6, 6.07) is 15.7. The Bertz CT molecular complexity index is 1040. The van der Waals surface area contributed by atoms with Gasteiger partial charge in [0.05, 0.1) is 12.2 Å². The number of carbonyl (C=O) groups excluding carboxylic acids is 1. The van der Waals surface area contributed by atoms with Crippen molar-refractivity contribution in [1.29, 1.82) is 0 Å². The molecule has 0 fully saturated rings. The largest absolute Gasteiger partial charge is 0.416 e. The van der Waals surface area contributed by atoms with Crippen LogP contribution in [-0.2, 0) is 17.3 Å². The van der Waals surface area contributed by atoms with Crippen LogP contribution in [0.4, 0.5) is 24.7 Å². The van der Waals surface area contributed by atoms with Crippen LogP contribution in [0.25, 0.3) is 0 Å². The normalized spacial score (nSPS) is 11.2. The van der Waals surface area contributed by atoms with Crippen LogP contribution in [0, 0.1) is 0 Å². The Balaban J connectivity index is 1.70. The van der Waals surface area contributed by atoms with Crippen LogP contribution >= 0.6 is 0 Å². The molecule has 0 radical (unpaired) electrons. The highest BCUT2D eigenvalue weighted by molar-refractivity contribution is 5.95. The molecule has 0 atom stereocenters. The zero-order valence-corrected chi connectivity index (χ0v) is 16.9. The van der Waals surface area contributed by atoms with Gasteiger partial charge in [-0.25, -0.2) is 4.98 Å². The van der Waals surface area contributed by atoms with E-state index in [9.17, 15) is 18.0 Å². The van der Waals surface area contributed by atoms with Gasteiger partial charge in [-0.3, -0.25) is 4.79 Å². The minimum Gasteiger partial charge on any atom is -0.383 e. The van der Waals surface area contributed by atoms with Crippen molar-refractivity contribution in [3.8, 4) is 0 Å². The van der Waals surface area contributed by atoms with E-state index in [4.69, 9.17) is 4.74 Å². The van der Waals surface area contributed by atoms with E-state index in [1.54, 1.807) is 55.8 Å². The lowest BCUT2D eigenvalue weighted by atomic mass is 10.0. The average molecular weight is 429 g/mol. The van der Waals surface area contributed by atoms with Gasteiger partial charge in [0.1, 0.15) is 5.82 Å². The summed E-state index contributed by atoms with van der Waals surface area (Å²) in [6.45, 7) is 0.832. The van der Waals surface area contributed by atoms with E-state index < -0.39 is 11.7 Å². The topological polar surface area (TPSA) is 63.2 Å². The molecule has 0 aliphatic heterocycles. The second-order valence-corrected chi connectivity index (χ2v) is 6.88. The van der Waals surface area contributed by atoms with Gasteiger partial charge in [0, 0.05) is 31.1 Å². The number of hydrogen-bond acceptors (Lipinski definition) is 4. The summed E-state index contributed by atoms with van der Waals surface area (Å²) in [6.07, 6.45) is -2.45. The Hall–Kier alpha value is -3.39. The first-order valence-electron chi connectivity index (χ1n) is 9.60. The molecule has 162 valence electrons. The minimum absolute atomic E-state index is 0.216. The monoisotopic (exact) mass is 429 g/mol. The van der Waals surface area contributed by atoms with E-state index in [2.05, 4.69) is 15.6 Å². The molecule has 8 heteroatoms. The van der Waals surface area contributed by atoms with Gasteiger partial charge in [-0.05, 0) is 53.9 Å². The number of methoxy groups -OCH3 is 1. The number of halogens is 3. The molecule has 0 unspecified atom stereocenters. The van der Waals surface area contributed by atoms with Crippen molar-refractivity contribution >= 4 is 17.4 Å². The van der Waals surface area contributed by atoms with E-state index >= 15 is 0 Å². The van der Waals surface area contributed by atoms with E-state index in [0.717, 1.165) is 17.7 Å². The second-order valence-electron chi connectivity index (χ2n) is 6.88. The number of amides is 1. The van der Waals surface area contributed by atoms with Crippen LogP contribution in [0.15, 0.2) is 66.9 Å². The molecule has 0 bridgehead atoms. The van der Waals surface area contributed by atoms with E-state index in [1.807, 2.05) is 0 Å². The number of alkyl halides is 3. The van der Waals surface area contributed by atoms with Gasteiger partial charge >= 0.3 is 6.18 Å². The van der Waals surface area contributed by atoms with Gasteiger partial charge in [-0.1, -0.05) is 24.3 Å². The molecule has 0 saturated heterocycles. The summed E-state index contributed by atoms with van der Waals surface area (Å²) in [5.41, 5.74) is 1.86. The Morgan fingerprint density at radius 2 is 1.81 bits per heavy atom. The molecule has 5 nitrogen and oxygen atoms in total. The lowest BCUT2D eigenvalue weighted by Crippen LogP contribution is -2.26. The molecule has 2 N–H and O–H groups in total. The standard InChI is InChI=1S/C23H22F3N3O2/c1-31-11-10-28-22(30)18-5-3-7-20(15-18)29-21-14-17(8-9-27-21)12-16-4-2-6-19(13-16)23(24,25)26/h2-9,13-15H,10-12H2,1H3,(H,27,29)(H,28,30). The summed E-state index contributed by atoms with van der Waals surface area (Å²) >= 11 is 0. The molecule has 1 heterocycles. The number of hydrogen-bond donors (Lipinski definition) is 2. The first-order chi connectivity index (χ1) is 14.8. The Kier molecular flexibility index (Phi) is 7.25. The third-order valence-electron chi connectivity index (χ3n) is 4.48. The smallest absolute Gasteiger partial charge is 0.383 e. The molecule has 3 aromatic rings. The summed E-state index contributed by atoms with van der Waals surface area (Å²) in [7, 11) is 1.56. The maximum absolute atomic E-state index is 12.9. The molecule has 0 spiro atoms. The van der Waals surface area contributed by atoms with Crippen LogP contribution in [0.3, 0.4) is 0 Å². The first-order valence-corrected chi connectivity index (χ1v) is 9.60. The van der Waals surface area contributed by atoms with Crippen LogP contribution in [0.1, 0.15) is 27.0 Å². The zero-order chi connectivity index (χ0) is 22.3. The number of carbonyl (C=O) groups is 1. The molecule has 1 amide bonds. The number of nitrogens with one attached hydrogen (secondary N) is 2. The van der Waals surface area contributed by atoms with Crippen molar-refractivity contribution in [3.05, 3.63) is 89.1 Å². The Morgan fingerprint density at radius 3 is 2.58 bits per heavy atom. The van der Waals surface area contributed by atoms with Crippen LogP contribution in [0.5, 0.6) is 0 Å². The van der Waals surface area contributed by atoms with Gasteiger partial charge in [-0.2, -0.15) is 13.2 Å². The number of aromatic nitrogens is 1. The van der Waals surface area contributed by atoms with E-state index in [0.29, 0.717) is 42.2 Å². The maximum Gasteiger partial charge on any atom is 0.416 e. The fraction of sp³-hybridized carbons (Fsp3) is 0.217. The Labute approximate surface area is 178 Å². The first kappa shape index (κ1) is 22.3. The fourth-order valence-electron chi connectivity index (χ4n) is 3.00. The number of nitrogens with zero attached hydrogens (tertiary/aromatic N) is 1. The van der Waals surface area contributed by atoms with E-state index in [-0.39, 0.29) is 5.91 Å². The number of anilines is 2. The van der Waals surface area contributed by atoms with Crippen molar-refractivity contribution in [1.82, 2.24) is 10.3 Å². The number of pyridine rings is 1. The van der Waals surface area contributed by atoms with Gasteiger partial charge in [0.2, 0.25) is 0 Å². The third-order valence-corrected chi connectivity index (χ3v) is 4.48. The molecule has 2 aromatic carbocycles. The number of ether oxygens (including phenoxy) is 1. The van der Waals surface area contributed by atoms with Crippen LogP contribution < -0.4 is 10.6 Å². The van der Waals surface area contributed by atoms with Crippen LogP contribution in [0.2, 0.25) is 0 Å². The van der Waals surface area contributed by atoms with Crippen molar-refractivity contribution in [3.63, 3.8) is 0 Å². The molecule has 0 saturated carbocycles. The van der Waals surface area contributed by atoms with Gasteiger partial charge < -0.3 is 15.4 Å². The molecule has 0 aliphatic rings. The molecular weight excluding hydrogens is 407 g/mol. The number of rotatable bonds is 8. The van der Waals surface area contributed by atoms with Gasteiger partial charge in [0.15, 0.2) is 0 Å². The minimum atomic E-state index is -4.37. The average Bonchev–Trinajstić information content (AvgIpc) is 2.74. The zero-order valence-electron chi connectivity index (χ0n) is 16.9. The predicted octanol–water partition coefficient (Wildman–Crippen LogP) is 4.81. The lowest BCUT2D eigenvalue weighted by molar-refractivity contribution is -0.137. The van der Waals surface area contributed by atoms with E-state index in [1.165, 1.54) is 6.07 Å². The maximum atomic E-state index is 12.9. The van der Waals surface area contributed by atoms with Crippen molar-refractivity contribution in [2.24, 2.45) is 0 Å². The molecule has 31 heavy (non-hydrogen) atoms. The highest BCUT2D eigenvalue weighted by atomic mass is 19.4. The predicted molar refractivity (Wildman–Crippen MR) is 112 cm³/mol. The molecular formula is C23H22F3N3O2. The fourth-order valence-corrected chi connectivity index (χ4v) is 3.00. The van der Waals surface area contributed by atoms with Crippen molar-refractivity contribution in [2.45, 2.75) is 12.6 Å². The third kappa shape index (κ3) is 6.55. The summed E-state index contributed by atoms with van der Waals surface area (Å²) in [4.78, 5) is 16.4. The van der Waals surface area contributed by atoms with Gasteiger partial charge in [-0.15, -0.1) is 0 Å². The molecule has 3 rings (SSSR count). The van der Waals surface area contributed by atoms with Gasteiger partial charge in [0.25, 0.3) is 5.91 Å². The summed E-state index contributed by atoms with van der Waals surface area (Å²) in [5, 5.41) is 5.89. The van der Waals surface area contributed by atoms with Crippen LogP contribution in [-0.4, -0.2) is 31.2 Å². The van der Waals surface area contributed by atoms with Crippen molar-refractivity contribution < 1.29 is 22.7 Å². The quantitative estimate of drug-likeness (QED) is 0.505.